The normalized spacial score (nSPS) is 23.0. The molecule has 1 fully saturated rings. The number of nitrogens with zero attached hydrogens (tertiary/aromatic N) is 1. The Morgan fingerprint density at radius 1 is 1.12 bits per heavy atom. The van der Waals surface area contributed by atoms with Gasteiger partial charge in [0.1, 0.15) is 0 Å². The third-order valence-electron chi connectivity index (χ3n) is 5.26. The number of amides is 3. The lowest BCUT2D eigenvalue weighted by Gasteiger charge is -2.21. The van der Waals surface area contributed by atoms with E-state index in [1.54, 1.807) is 0 Å². The minimum atomic E-state index is -0.0656. The molecule has 1 aromatic carbocycles. The Labute approximate surface area is 149 Å². The second-order valence-corrected chi connectivity index (χ2v) is 7.06. The van der Waals surface area contributed by atoms with Crippen molar-refractivity contribution in [3.63, 3.8) is 0 Å². The van der Waals surface area contributed by atoms with Crippen molar-refractivity contribution in [1.29, 1.82) is 0 Å². The summed E-state index contributed by atoms with van der Waals surface area (Å²) in [5, 5.41) is 5.93. The van der Waals surface area contributed by atoms with E-state index in [0.29, 0.717) is 18.3 Å². The van der Waals surface area contributed by atoms with Gasteiger partial charge < -0.3 is 15.5 Å². The zero-order chi connectivity index (χ0) is 17.8. The van der Waals surface area contributed by atoms with Crippen LogP contribution in [0.2, 0.25) is 0 Å². The van der Waals surface area contributed by atoms with Crippen molar-refractivity contribution in [2.24, 2.45) is 11.8 Å². The van der Waals surface area contributed by atoms with Gasteiger partial charge in [0.05, 0.1) is 6.04 Å². The zero-order valence-electron chi connectivity index (χ0n) is 15.0. The van der Waals surface area contributed by atoms with E-state index in [0.717, 1.165) is 37.2 Å². The first-order chi connectivity index (χ1) is 12.1. The maximum atomic E-state index is 12.6. The Hall–Kier alpha value is -2.30. The molecule has 3 rings (SSSR count). The lowest BCUT2D eigenvalue weighted by molar-refractivity contribution is -0.115. The predicted molar refractivity (Wildman–Crippen MR) is 99.2 cm³/mol. The summed E-state index contributed by atoms with van der Waals surface area (Å²) in [6, 6.07) is 7.60. The number of benzene rings is 1. The molecule has 1 aromatic rings. The highest BCUT2D eigenvalue weighted by molar-refractivity contribution is 5.90. The lowest BCUT2D eigenvalue weighted by Crippen LogP contribution is -2.39. The average Bonchev–Trinajstić information content (AvgIpc) is 3.06. The van der Waals surface area contributed by atoms with E-state index >= 15 is 0 Å². The molecule has 5 nitrogen and oxygen atoms in total. The second kappa shape index (κ2) is 7.72. The van der Waals surface area contributed by atoms with Gasteiger partial charge in [-0.2, -0.15) is 0 Å². The van der Waals surface area contributed by atoms with E-state index in [4.69, 9.17) is 0 Å². The molecule has 0 spiro atoms. The highest BCUT2D eigenvalue weighted by Gasteiger charge is 2.35. The average molecular weight is 341 g/mol. The van der Waals surface area contributed by atoms with Gasteiger partial charge in [-0.05, 0) is 49.3 Å². The van der Waals surface area contributed by atoms with Crippen LogP contribution >= 0.6 is 0 Å². The Balaban J connectivity index is 1.54. The number of likely N-dealkylation sites (tertiary alicyclic amines) is 1. The van der Waals surface area contributed by atoms with E-state index in [2.05, 4.69) is 22.8 Å². The van der Waals surface area contributed by atoms with E-state index in [1.165, 1.54) is 0 Å². The molecule has 2 aliphatic rings. The van der Waals surface area contributed by atoms with E-state index in [-0.39, 0.29) is 18.0 Å². The van der Waals surface area contributed by atoms with Crippen molar-refractivity contribution in [1.82, 2.24) is 10.2 Å². The van der Waals surface area contributed by atoms with E-state index in [1.807, 2.05) is 43.0 Å². The number of hydrogen-bond donors (Lipinski definition) is 2. The molecule has 1 heterocycles. The Morgan fingerprint density at radius 2 is 1.72 bits per heavy atom. The Bertz CT molecular complexity index is 637. The first-order valence-corrected chi connectivity index (χ1v) is 9.17. The standard InChI is InChI=1S/C20H27N3O2/c1-3-19(24)22-18-10-8-15(9-11-18)14(2)21-20(25)23-12-16-6-4-5-7-17(16)13-23/h4-5,8-11,14,16-17H,3,6-7,12-13H2,1-2H3,(H,21,25)(H,22,24)/t14-,16-,17+/m1/s1. The van der Waals surface area contributed by atoms with Crippen LogP contribution in [0.5, 0.6) is 0 Å². The molecule has 1 aliphatic heterocycles. The molecule has 0 bridgehead atoms. The number of allylic oxidation sites excluding steroid dienone is 2. The number of carbonyl (C=O) groups is 2. The first-order valence-electron chi connectivity index (χ1n) is 9.17. The third-order valence-corrected chi connectivity index (χ3v) is 5.26. The second-order valence-electron chi connectivity index (χ2n) is 7.06. The summed E-state index contributed by atoms with van der Waals surface area (Å²) in [5.74, 6) is 1.24. The fraction of sp³-hybridized carbons (Fsp3) is 0.500. The zero-order valence-corrected chi connectivity index (χ0v) is 15.0. The molecular formula is C20H27N3O2. The number of hydrogen-bond acceptors (Lipinski definition) is 2. The quantitative estimate of drug-likeness (QED) is 0.820. The van der Waals surface area contributed by atoms with Crippen LogP contribution in [-0.4, -0.2) is 29.9 Å². The van der Waals surface area contributed by atoms with Gasteiger partial charge in [-0.15, -0.1) is 0 Å². The molecule has 5 heteroatoms. The summed E-state index contributed by atoms with van der Waals surface area (Å²) in [5.41, 5.74) is 1.81. The van der Waals surface area contributed by atoms with Crippen LogP contribution in [0.1, 0.15) is 44.7 Å². The van der Waals surface area contributed by atoms with Gasteiger partial charge in [-0.3, -0.25) is 4.79 Å². The molecule has 1 saturated heterocycles. The number of urea groups is 1. The van der Waals surface area contributed by atoms with Gasteiger partial charge >= 0.3 is 6.03 Å². The summed E-state index contributed by atoms with van der Waals surface area (Å²) in [6.07, 6.45) is 7.12. The van der Waals surface area contributed by atoms with Gasteiger partial charge in [0.2, 0.25) is 5.91 Å². The smallest absolute Gasteiger partial charge is 0.317 e. The largest absolute Gasteiger partial charge is 0.331 e. The minimum Gasteiger partial charge on any atom is -0.331 e. The topological polar surface area (TPSA) is 61.4 Å². The minimum absolute atomic E-state index is 0.000841. The van der Waals surface area contributed by atoms with Crippen LogP contribution in [0.4, 0.5) is 10.5 Å². The van der Waals surface area contributed by atoms with E-state index in [9.17, 15) is 9.59 Å². The van der Waals surface area contributed by atoms with Crippen molar-refractivity contribution in [3.8, 4) is 0 Å². The monoisotopic (exact) mass is 341 g/mol. The van der Waals surface area contributed by atoms with Crippen molar-refractivity contribution < 1.29 is 9.59 Å². The summed E-state index contributed by atoms with van der Waals surface area (Å²) in [7, 11) is 0. The Kier molecular flexibility index (Phi) is 5.41. The number of fused-ring (bicyclic) bond motifs is 1. The molecule has 0 radical (unpaired) electrons. The molecule has 0 saturated carbocycles. The molecule has 25 heavy (non-hydrogen) atoms. The van der Waals surface area contributed by atoms with Gasteiger partial charge in [0.25, 0.3) is 0 Å². The molecular weight excluding hydrogens is 314 g/mol. The van der Waals surface area contributed by atoms with Crippen LogP contribution in [0.25, 0.3) is 0 Å². The maximum Gasteiger partial charge on any atom is 0.317 e. The first kappa shape index (κ1) is 17.5. The van der Waals surface area contributed by atoms with Crippen molar-refractivity contribution in [2.45, 2.75) is 39.2 Å². The molecule has 1 aliphatic carbocycles. The van der Waals surface area contributed by atoms with Crippen molar-refractivity contribution in [2.75, 3.05) is 18.4 Å². The van der Waals surface area contributed by atoms with Gasteiger partial charge in [-0.1, -0.05) is 31.2 Å². The van der Waals surface area contributed by atoms with Crippen molar-refractivity contribution >= 4 is 17.6 Å². The fourth-order valence-electron chi connectivity index (χ4n) is 3.64. The highest BCUT2D eigenvalue weighted by atomic mass is 16.2. The van der Waals surface area contributed by atoms with Gasteiger partial charge in [0.15, 0.2) is 0 Å². The number of nitrogens with one attached hydrogen (secondary N) is 2. The van der Waals surface area contributed by atoms with Crippen LogP contribution in [0.3, 0.4) is 0 Å². The predicted octanol–water partition coefficient (Wildman–Crippen LogP) is 3.70. The molecule has 0 unspecified atom stereocenters. The molecule has 0 aromatic heterocycles. The molecule has 134 valence electrons. The van der Waals surface area contributed by atoms with Gasteiger partial charge in [-0.25, -0.2) is 4.79 Å². The molecule has 2 N–H and O–H groups in total. The number of carbonyl (C=O) groups excluding carboxylic acids is 2. The van der Waals surface area contributed by atoms with Crippen LogP contribution < -0.4 is 10.6 Å². The summed E-state index contributed by atoms with van der Waals surface area (Å²) < 4.78 is 0. The van der Waals surface area contributed by atoms with Crippen LogP contribution in [0, 0.1) is 11.8 Å². The van der Waals surface area contributed by atoms with Crippen LogP contribution in [0.15, 0.2) is 36.4 Å². The summed E-state index contributed by atoms with van der Waals surface area (Å²) in [6.45, 7) is 5.53. The summed E-state index contributed by atoms with van der Waals surface area (Å²) >= 11 is 0. The third kappa shape index (κ3) is 4.21. The SMILES string of the molecule is CCC(=O)Nc1ccc([C@@H](C)NC(=O)N2C[C@H]3CC=CC[C@H]3C2)cc1. The van der Waals surface area contributed by atoms with Gasteiger partial charge in [0, 0.05) is 25.2 Å². The summed E-state index contributed by atoms with van der Waals surface area (Å²) in [4.78, 5) is 25.9. The van der Waals surface area contributed by atoms with E-state index < -0.39 is 0 Å². The van der Waals surface area contributed by atoms with Crippen molar-refractivity contribution in [3.05, 3.63) is 42.0 Å². The Morgan fingerprint density at radius 3 is 2.28 bits per heavy atom. The molecule has 3 amide bonds. The molecule has 3 atom stereocenters. The fourth-order valence-corrected chi connectivity index (χ4v) is 3.64. The number of rotatable bonds is 4. The van der Waals surface area contributed by atoms with Crippen LogP contribution in [-0.2, 0) is 4.79 Å². The number of anilines is 1. The lowest BCUT2D eigenvalue weighted by atomic mass is 9.86. The highest BCUT2D eigenvalue weighted by Crippen LogP contribution is 2.32. The maximum absolute atomic E-state index is 12.6.